The average molecular weight is 405 g/mol. The number of aromatic nitrogens is 7. The lowest BCUT2D eigenvalue weighted by molar-refractivity contribution is 0.0673. The van der Waals surface area contributed by atoms with E-state index in [-0.39, 0.29) is 23.4 Å². The van der Waals surface area contributed by atoms with Crippen LogP contribution in [0.5, 0.6) is 0 Å². The zero-order valence-corrected chi connectivity index (χ0v) is 16.8. The van der Waals surface area contributed by atoms with Crippen molar-refractivity contribution in [2.24, 2.45) is 0 Å². The quantitative estimate of drug-likeness (QED) is 0.562. The zero-order valence-electron chi connectivity index (χ0n) is 16.8. The Morgan fingerprint density at radius 2 is 1.93 bits per heavy atom. The molecule has 1 saturated carbocycles. The van der Waals surface area contributed by atoms with Crippen molar-refractivity contribution < 1.29 is 4.74 Å². The van der Waals surface area contributed by atoms with Crippen LogP contribution in [0.4, 0.5) is 0 Å². The summed E-state index contributed by atoms with van der Waals surface area (Å²) in [6.07, 6.45) is 7.41. The summed E-state index contributed by atoms with van der Waals surface area (Å²) in [7, 11) is 0. The van der Waals surface area contributed by atoms with Gasteiger partial charge in [-0.05, 0) is 44.7 Å². The minimum atomic E-state index is -0.119. The van der Waals surface area contributed by atoms with E-state index in [1.54, 1.807) is 6.20 Å². The second-order valence-electron chi connectivity index (χ2n) is 8.35. The number of imidazole rings is 1. The molecule has 1 aliphatic heterocycles. The molecule has 9 nitrogen and oxygen atoms in total. The molecule has 0 spiro atoms. The number of H-pyrrole nitrogens is 1. The van der Waals surface area contributed by atoms with E-state index in [0.717, 1.165) is 48.5 Å². The van der Waals surface area contributed by atoms with E-state index in [0.29, 0.717) is 24.2 Å². The van der Waals surface area contributed by atoms with Crippen molar-refractivity contribution in [1.29, 1.82) is 0 Å². The Bertz CT molecular complexity index is 1300. The summed E-state index contributed by atoms with van der Waals surface area (Å²) < 4.78 is 9.23. The van der Waals surface area contributed by atoms with Gasteiger partial charge in [0.05, 0.1) is 29.8 Å². The van der Waals surface area contributed by atoms with Crippen molar-refractivity contribution in [3.8, 4) is 0 Å². The van der Waals surface area contributed by atoms with Crippen LogP contribution in [0.25, 0.3) is 16.7 Å². The zero-order chi connectivity index (χ0) is 20.2. The standard InChI is InChI=1S/C21H23N7O2/c1-12-2-5-18-23-17(11-27(18)26-12)14-3-4-15(14)19-24-20-16(21(29)25-19)10-22-28(20)13-6-8-30-9-7-13/h2,5,10-11,13-15H,3-4,6-9H2,1H3,(H,24,25,29)/t14-,15?/m1/s1. The normalized spacial score (nSPS) is 22.6. The Kier molecular flexibility index (Phi) is 3.98. The number of aromatic amines is 1. The van der Waals surface area contributed by atoms with Gasteiger partial charge in [0.15, 0.2) is 11.3 Å². The predicted octanol–water partition coefficient (Wildman–Crippen LogP) is 2.48. The number of aryl methyl sites for hydroxylation is 1. The molecule has 0 radical (unpaired) electrons. The molecule has 0 aromatic carbocycles. The van der Waals surface area contributed by atoms with Gasteiger partial charge in [-0.2, -0.15) is 10.2 Å². The van der Waals surface area contributed by atoms with Gasteiger partial charge in [0.1, 0.15) is 11.2 Å². The van der Waals surface area contributed by atoms with Crippen molar-refractivity contribution in [1.82, 2.24) is 34.3 Å². The third-order valence-electron chi connectivity index (χ3n) is 6.50. The first-order valence-corrected chi connectivity index (χ1v) is 10.6. The Morgan fingerprint density at radius 1 is 1.10 bits per heavy atom. The largest absolute Gasteiger partial charge is 0.381 e. The van der Waals surface area contributed by atoms with Gasteiger partial charge in [-0.15, -0.1) is 0 Å². The molecule has 4 aromatic rings. The van der Waals surface area contributed by atoms with Crippen molar-refractivity contribution in [3.05, 3.63) is 52.1 Å². The monoisotopic (exact) mass is 405 g/mol. The average Bonchev–Trinajstić information content (AvgIpc) is 3.32. The van der Waals surface area contributed by atoms with Gasteiger partial charge >= 0.3 is 0 Å². The molecule has 1 unspecified atom stereocenters. The smallest absolute Gasteiger partial charge is 0.262 e. The highest BCUT2D eigenvalue weighted by molar-refractivity contribution is 5.73. The topological polar surface area (TPSA) is 103 Å². The van der Waals surface area contributed by atoms with Crippen molar-refractivity contribution in [2.45, 2.75) is 50.5 Å². The molecule has 2 atom stereocenters. The van der Waals surface area contributed by atoms with Crippen LogP contribution in [0.1, 0.15) is 60.8 Å². The Hall–Kier alpha value is -3.07. The summed E-state index contributed by atoms with van der Waals surface area (Å²) >= 11 is 0. The number of nitrogens with zero attached hydrogens (tertiary/aromatic N) is 6. The van der Waals surface area contributed by atoms with Gasteiger partial charge in [0, 0.05) is 25.0 Å². The fraction of sp³-hybridized carbons (Fsp3) is 0.476. The van der Waals surface area contributed by atoms with E-state index < -0.39 is 0 Å². The SMILES string of the molecule is Cc1ccc2nc([C@@H]3CCC3c3nc4c(cnn4C4CCOCC4)c(=O)[nH]3)cn2n1. The first kappa shape index (κ1) is 17.8. The molecule has 0 amide bonds. The number of hydrogen-bond acceptors (Lipinski definition) is 6. The van der Waals surface area contributed by atoms with Crippen LogP contribution in [0.2, 0.25) is 0 Å². The first-order chi connectivity index (χ1) is 14.7. The molecule has 154 valence electrons. The van der Waals surface area contributed by atoms with E-state index >= 15 is 0 Å². The lowest BCUT2D eigenvalue weighted by Crippen LogP contribution is -2.27. The number of fused-ring (bicyclic) bond motifs is 2. The van der Waals surface area contributed by atoms with E-state index in [1.807, 2.05) is 34.5 Å². The molecule has 5 heterocycles. The lowest BCUT2D eigenvalue weighted by atomic mass is 9.71. The van der Waals surface area contributed by atoms with Crippen LogP contribution in [0.15, 0.2) is 29.3 Å². The summed E-state index contributed by atoms with van der Waals surface area (Å²) in [4.78, 5) is 25.4. The molecule has 1 aliphatic carbocycles. The molecule has 30 heavy (non-hydrogen) atoms. The Morgan fingerprint density at radius 3 is 2.73 bits per heavy atom. The highest BCUT2D eigenvalue weighted by Gasteiger charge is 2.37. The number of ether oxygens (including phenoxy) is 1. The van der Waals surface area contributed by atoms with Crippen LogP contribution in [0.3, 0.4) is 0 Å². The van der Waals surface area contributed by atoms with Gasteiger partial charge < -0.3 is 9.72 Å². The summed E-state index contributed by atoms with van der Waals surface area (Å²) in [5.41, 5.74) is 3.36. The van der Waals surface area contributed by atoms with Crippen LogP contribution < -0.4 is 5.56 Å². The number of nitrogens with one attached hydrogen (secondary N) is 1. The molecular weight excluding hydrogens is 382 g/mol. The van der Waals surface area contributed by atoms with Gasteiger partial charge in [0.25, 0.3) is 5.56 Å². The summed E-state index contributed by atoms with van der Waals surface area (Å²) in [6.45, 7) is 3.40. The van der Waals surface area contributed by atoms with Gasteiger partial charge in [-0.1, -0.05) is 0 Å². The first-order valence-electron chi connectivity index (χ1n) is 10.6. The van der Waals surface area contributed by atoms with Crippen molar-refractivity contribution in [2.75, 3.05) is 13.2 Å². The Labute approximate surface area is 172 Å². The fourth-order valence-corrected chi connectivity index (χ4v) is 4.68. The molecule has 2 fully saturated rings. The van der Waals surface area contributed by atoms with E-state index in [1.165, 1.54) is 0 Å². The maximum atomic E-state index is 12.8. The highest BCUT2D eigenvalue weighted by Crippen LogP contribution is 2.47. The van der Waals surface area contributed by atoms with Crippen LogP contribution in [-0.2, 0) is 4.74 Å². The lowest BCUT2D eigenvalue weighted by Gasteiger charge is -2.34. The third-order valence-corrected chi connectivity index (χ3v) is 6.50. The molecular formula is C21H23N7O2. The minimum Gasteiger partial charge on any atom is -0.381 e. The maximum Gasteiger partial charge on any atom is 0.262 e. The van der Waals surface area contributed by atoms with Crippen LogP contribution in [-0.4, -0.2) is 47.6 Å². The van der Waals surface area contributed by atoms with E-state index in [9.17, 15) is 4.79 Å². The third kappa shape index (κ3) is 2.76. The van der Waals surface area contributed by atoms with E-state index in [2.05, 4.69) is 15.2 Å². The molecule has 2 aliphatic rings. The molecule has 1 saturated heterocycles. The second-order valence-corrected chi connectivity index (χ2v) is 8.35. The highest BCUT2D eigenvalue weighted by atomic mass is 16.5. The summed E-state index contributed by atoms with van der Waals surface area (Å²) in [5, 5.41) is 9.55. The molecule has 6 rings (SSSR count). The maximum absolute atomic E-state index is 12.8. The second kappa shape index (κ2) is 6.73. The molecule has 4 aromatic heterocycles. The minimum absolute atomic E-state index is 0.119. The van der Waals surface area contributed by atoms with Gasteiger partial charge in [-0.3, -0.25) is 4.79 Å². The number of rotatable bonds is 3. The summed E-state index contributed by atoms with van der Waals surface area (Å²) in [5.74, 6) is 1.11. The van der Waals surface area contributed by atoms with E-state index in [4.69, 9.17) is 14.7 Å². The fourth-order valence-electron chi connectivity index (χ4n) is 4.68. The predicted molar refractivity (Wildman–Crippen MR) is 110 cm³/mol. The van der Waals surface area contributed by atoms with Crippen LogP contribution in [0, 0.1) is 6.92 Å². The van der Waals surface area contributed by atoms with Gasteiger partial charge in [-0.25, -0.2) is 19.2 Å². The number of hydrogen-bond donors (Lipinski definition) is 1. The van der Waals surface area contributed by atoms with Crippen molar-refractivity contribution in [3.63, 3.8) is 0 Å². The molecule has 0 bridgehead atoms. The van der Waals surface area contributed by atoms with Crippen LogP contribution >= 0.6 is 0 Å². The summed E-state index contributed by atoms with van der Waals surface area (Å²) in [6, 6.07) is 4.18. The molecule has 9 heteroatoms. The molecule has 1 N–H and O–H groups in total. The van der Waals surface area contributed by atoms with Gasteiger partial charge in [0.2, 0.25) is 0 Å². The Balaban J connectivity index is 1.37. The van der Waals surface area contributed by atoms with Crippen molar-refractivity contribution >= 4 is 16.7 Å².